The third kappa shape index (κ3) is 8.76. The molecule has 208 valence electrons. The number of esters is 1. The van der Waals surface area contributed by atoms with Crippen molar-refractivity contribution in [2.45, 2.75) is 58.3 Å². The fourth-order valence-corrected chi connectivity index (χ4v) is 4.50. The normalized spacial score (nSPS) is 16.5. The molecule has 2 aromatic carbocycles. The summed E-state index contributed by atoms with van der Waals surface area (Å²) < 4.78 is 11.1. The minimum Gasteiger partial charge on any atom is -0.454 e. The summed E-state index contributed by atoms with van der Waals surface area (Å²) in [4.78, 5) is 38.3. The molecule has 0 spiro atoms. The topological polar surface area (TPSA) is 120 Å². The number of halogens is 2. The van der Waals surface area contributed by atoms with Gasteiger partial charge in [-0.25, -0.2) is 4.79 Å². The molecule has 3 atom stereocenters. The second kappa shape index (κ2) is 13.0. The van der Waals surface area contributed by atoms with Crippen LogP contribution in [0.1, 0.15) is 39.7 Å². The minimum atomic E-state index is -1.36. The molecule has 0 aromatic heterocycles. The molecule has 39 heavy (non-hydrogen) atoms. The summed E-state index contributed by atoms with van der Waals surface area (Å²) in [6.07, 6.45) is 4.19. The molecular weight excluding hydrogens is 541 g/mol. The van der Waals surface area contributed by atoms with Crippen molar-refractivity contribution in [1.29, 1.82) is 0 Å². The Morgan fingerprint density at radius 1 is 1.08 bits per heavy atom. The zero-order valence-corrected chi connectivity index (χ0v) is 23.8. The summed E-state index contributed by atoms with van der Waals surface area (Å²) >= 11 is 12.6. The number of primary amides is 1. The molecule has 8 nitrogen and oxygen atoms in total. The lowest BCUT2D eigenvalue weighted by atomic mass is 9.91. The number of carbonyl (C=O) groups is 3. The first-order chi connectivity index (χ1) is 18.3. The molecule has 1 aliphatic rings. The molecule has 0 aliphatic heterocycles. The Balaban J connectivity index is 1.86. The fraction of sp³-hybridized carbons (Fsp3) is 0.345. The van der Waals surface area contributed by atoms with Crippen molar-refractivity contribution in [3.8, 4) is 0 Å². The van der Waals surface area contributed by atoms with E-state index in [1.807, 2.05) is 19.1 Å². The first-order valence-electron chi connectivity index (χ1n) is 12.5. The molecule has 0 radical (unpaired) electrons. The average molecular weight is 575 g/mol. The van der Waals surface area contributed by atoms with Crippen LogP contribution in [0.25, 0.3) is 0 Å². The van der Waals surface area contributed by atoms with Gasteiger partial charge in [-0.1, -0.05) is 72.6 Å². The van der Waals surface area contributed by atoms with Crippen LogP contribution < -0.4 is 16.4 Å². The van der Waals surface area contributed by atoms with E-state index in [9.17, 15) is 14.4 Å². The summed E-state index contributed by atoms with van der Waals surface area (Å²) in [5, 5.41) is 6.50. The summed E-state index contributed by atoms with van der Waals surface area (Å²) in [6, 6.07) is 10.9. The molecule has 10 heteroatoms. The van der Waals surface area contributed by atoms with Crippen LogP contribution in [-0.2, 0) is 25.5 Å². The lowest BCUT2D eigenvalue weighted by Crippen LogP contribution is -2.54. The number of nitrogens with two attached hydrogens (primary N) is 1. The van der Waals surface area contributed by atoms with Gasteiger partial charge in [-0.2, -0.15) is 0 Å². The Morgan fingerprint density at radius 2 is 1.74 bits per heavy atom. The van der Waals surface area contributed by atoms with Crippen molar-refractivity contribution in [1.82, 2.24) is 5.32 Å². The number of amides is 2. The number of rotatable bonds is 9. The molecule has 3 rings (SSSR count). The SMILES string of the molecule is CC1C=C([C@@H](OC(=O)Cc2ccccc2Nc2c(Cl)cccc2Cl)[C@H](NC(=O)OC(C)(C)C)C(N)=O)C=CC1. The largest absolute Gasteiger partial charge is 0.454 e. The number of hydrogen-bond donors (Lipinski definition) is 3. The number of hydrogen-bond acceptors (Lipinski definition) is 6. The first-order valence-corrected chi connectivity index (χ1v) is 13.2. The van der Waals surface area contributed by atoms with E-state index in [-0.39, 0.29) is 12.3 Å². The Bertz CT molecular complexity index is 1270. The van der Waals surface area contributed by atoms with Gasteiger partial charge in [-0.15, -0.1) is 0 Å². The second-order valence-corrected chi connectivity index (χ2v) is 11.1. The maximum absolute atomic E-state index is 13.3. The number of anilines is 2. The molecule has 1 unspecified atom stereocenters. The zero-order valence-electron chi connectivity index (χ0n) is 22.3. The standard InChI is InChI=1S/C29H33Cl2N3O5/c1-17-9-7-11-19(15-17)26(25(27(32)36)34-28(37)39-29(2,3)4)38-23(35)16-18-10-5-6-14-22(18)33-24-20(30)12-8-13-21(24)31/h5-8,10-15,17,25-26,33H,9,16H2,1-4H3,(H2,32,36)(H,34,37)/t17?,25-,26+/m0/s1. The lowest BCUT2D eigenvalue weighted by Gasteiger charge is -2.29. The highest BCUT2D eigenvalue weighted by atomic mass is 35.5. The van der Waals surface area contributed by atoms with Crippen LogP contribution >= 0.6 is 23.2 Å². The van der Waals surface area contributed by atoms with Gasteiger partial charge in [0.05, 0.1) is 22.2 Å². The van der Waals surface area contributed by atoms with E-state index in [4.69, 9.17) is 38.4 Å². The zero-order chi connectivity index (χ0) is 28.7. The van der Waals surface area contributed by atoms with Gasteiger partial charge < -0.3 is 25.8 Å². The second-order valence-electron chi connectivity index (χ2n) is 10.3. The molecule has 0 saturated carbocycles. The van der Waals surface area contributed by atoms with Crippen LogP contribution in [-0.4, -0.2) is 35.7 Å². The third-order valence-corrected chi connectivity index (χ3v) is 6.37. The van der Waals surface area contributed by atoms with Crippen molar-refractivity contribution < 1.29 is 23.9 Å². The number of carbonyl (C=O) groups excluding carboxylic acids is 3. The summed E-state index contributed by atoms with van der Waals surface area (Å²) in [5.74, 6) is -1.38. The van der Waals surface area contributed by atoms with Gasteiger partial charge in [0.1, 0.15) is 5.60 Å². The minimum absolute atomic E-state index is 0.131. The summed E-state index contributed by atoms with van der Waals surface area (Å²) in [7, 11) is 0. The Hall–Kier alpha value is -3.49. The van der Waals surface area contributed by atoms with Gasteiger partial charge in [0.25, 0.3) is 0 Å². The monoisotopic (exact) mass is 573 g/mol. The van der Waals surface area contributed by atoms with E-state index < -0.39 is 35.7 Å². The van der Waals surface area contributed by atoms with Crippen molar-refractivity contribution in [2.75, 3.05) is 5.32 Å². The fourth-order valence-electron chi connectivity index (χ4n) is 4.01. The van der Waals surface area contributed by atoms with Gasteiger partial charge >= 0.3 is 12.1 Å². The van der Waals surface area contributed by atoms with E-state index in [0.717, 1.165) is 6.42 Å². The van der Waals surface area contributed by atoms with Crippen LogP contribution in [0.3, 0.4) is 0 Å². The van der Waals surface area contributed by atoms with E-state index >= 15 is 0 Å². The summed E-state index contributed by atoms with van der Waals surface area (Å²) in [5.41, 5.74) is 7.12. The van der Waals surface area contributed by atoms with Gasteiger partial charge in [-0.05, 0) is 62.4 Å². The number of benzene rings is 2. The van der Waals surface area contributed by atoms with Crippen LogP contribution in [0.15, 0.2) is 66.3 Å². The van der Waals surface area contributed by atoms with E-state index in [0.29, 0.717) is 32.6 Å². The first kappa shape index (κ1) is 30.1. The molecule has 0 bridgehead atoms. The van der Waals surface area contributed by atoms with Crippen LogP contribution in [0.2, 0.25) is 10.0 Å². The molecule has 4 N–H and O–H groups in total. The highest BCUT2D eigenvalue weighted by Crippen LogP contribution is 2.34. The maximum atomic E-state index is 13.3. The van der Waals surface area contributed by atoms with Gasteiger partial charge in [-0.3, -0.25) is 9.59 Å². The van der Waals surface area contributed by atoms with E-state index in [1.165, 1.54) is 0 Å². The van der Waals surface area contributed by atoms with Crippen LogP contribution in [0.4, 0.5) is 16.2 Å². The van der Waals surface area contributed by atoms with E-state index in [2.05, 4.69) is 10.6 Å². The smallest absolute Gasteiger partial charge is 0.408 e. The van der Waals surface area contributed by atoms with Gasteiger partial charge in [0, 0.05) is 5.69 Å². The Morgan fingerprint density at radius 3 is 2.36 bits per heavy atom. The van der Waals surface area contributed by atoms with Crippen LogP contribution in [0, 0.1) is 5.92 Å². The lowest BCUT2D eigenvalue weighted by molar-refractivity contribution is -0.148. The number of ether oxygens (including phenoxy) is 2. The summed E-state index contributed by atoms with van der Waals surface area (Å²) in [6.45, 7) is 7.07. The maximum Gasteiger partial charge on any atom is 0.408 e. The van der Waals surface area contributed by atoms with Crippen molar-refractivity contribution >= 4 is 52.5 Å². The number of nitrogens with one attached hydrogen (secondary N) is 2. The van der Waals surface area contributed by atoms with Gasteiger partial charge in [0.15, 0.2) is 12.1 Å². The molecular formula is C29H33Cl2N3O5. The van der Waals surface area contributed by atoms with Crippen molar-refractivity contribution in [3.05, 3.63) is 81.9 Å². The molecule has 0 fully saturated rings. The van der Waals surface area contributed by atoms with E-state index in [1.54, 1.807) is 69.3 Å². The molecule has 0 saturated heterocycles. The van der Waals surface area contributed by atoms with Crippen molar-refractivity contribution in [3.63, 3.8) is 0 Å². The molecule has 2 aromatic rings. The quantitative estimate of drug-likeness (QED) is 0.312. The van der Waals surface area contributed by atoms with Crippen LogP contribution in [0.5, 0.6) is 0 Å². The Kier molecular flexibility index (Phi) is 10.1. The van der Waals surface area contributed by atoms with Crippen molar-refractivity contribution in [2.24, 2.45) is 11.7 Å². The van der Waals surface area contributed by atoms with Gasteiger partial charge in [0.2, 0.25) is 5.91 Å². The predicted octanol–water partition coefficient (Wildman–Crippen LogP) is 6.09. The average Bonchev–Trinajstić information content (AvgIpc) is 2.83. The number of para-hydroxylation sites is 2. The molecule has 0 heterocycles. The Labute approximate surface area is 238 Å². The highest BCUT2D eigenvalue weighted by molar-refractivity contribution is 6.39. The third-order valence-electron chi connectivity index (χ3n) is 5.74. The highest BCUT2D eigenvalue weighted by Gasteiger charge is 2.35. The number of alkyl carbamates (subject to hydrolysis) is 1. The number of allylic oxidation sites excluding steroid dienone is 2. The molecule has 2 amide bonds. The predicted molar refractivity (Wildman–Crippen MR) is 153 cm³/mol. The molecule has 1 aliphatic carbocycles.